The molecule has 0 aliphatic carbocycles. The van der Waals surface area contributed by atoms with E-state index in [-0.39, 0.29) is 18.3 Å². The largest absolute Gasteiger partial charge is 0.466 e. The number of nitrogens with zero attached hydrogens (tertiary/aromatic N) is 1. The monoisotopic (exact) mass is 327 g/mol. The number of amides is 1. The van der Waals surface area contributed by atoms with Crippen LogP contribution in [0.1, 0.15) is 29.3 Å². The van der Waals surface area contributed by atoms with Crippen LogP contribution < -0.4 is 0 Å². The summed E-state index contributed by atoms with van der Waals surface area (Å²) in [5.74, 6) is -0.381. The molecular formula is C14H18BrNO3. The molecule has 1 amide bonds. The summed E-state index contributed by atoms with van der Waals surface area (Å²) < 4.78 is 5.80. The highest BCUT2D eigenvalue weighted by molar-refractivity contribution is 9.10. The second kappa shape index (κ2) is 7.28. The first kappa shape index (κ1) is 15.7. The molecule has 0 saturated heterocycles. The number of benzene rings is 1. The maximum atomic E-state index is 12.1. The van der Waals surface area contributed by atoms with E-state index in [9.17, 15) is 9.59 Å². The summed E-state index contributed by atoms with van der Waals surface area (Å²) in [5, 5.41) is 0. The minimum absolute atomic E-state index is 0.0973. The van der Waals surface area contributed by atoms with E-state index in [1.807, 2.05) is 19.1 Å². The molecule has 0 aromatic heterocycles. The highest BCUT2D eigenvalue weighted by Gasteiger charge is 2.14. The fourth-order valence-electron chi connectivity index (χ4n) is 1.59. The smallest absolute Gasteiger partial charge is 0.307 e. The summed E-state index contributed by atoms with van der Waals surface area (Å²) in [5.41, 5.74) is 1.62. The average Bonchev–Trinajstić information content (AvgIpc) is 2.38. The molecule has 1 aromatic carbocycles. The third-order valence-electron chi connectivity index (χ3n) is 2.71. The molecule has 0 saturated carbocycles. The van der Waals surface area contributed by atoms with Crippen molar-refractivity contribution in [1.29, 1.82) is 0 Å². The maximum absolute atomic E-state index is 12.1. The molecule has 1 rings (SSSR count). The molecule has 1 aromatic rings. The van der Waals surface area contributed by atoms with Crippen LogP contribution in [0.15, 0.2) is 22.7 Å². The van der Waals surface area contributed by atoms with Gasteiger partial charge in [0.2, 0.25) is 0 Å². The van der Waals surface area contributed by atoms with Crippen molar-refractivity contribution >= 4 is 27.8 Å². The van der Waals surface area contributed by atoms with Crippen molar-refractivity contribution in [3.63, 3.8) is 0 Å². The summed E-state index contributed by atoms with van der Waals surface area (Å²) in [6, 6.07) is 5.44. The molecule has 0 atom stereocenters. The number of rotatable bonds is 5. The first-order chi connectivity index (χ1) is 8.95. The van der Waals surface area contributed by atoms with Crippen LogP contribution in [-0.4, -0.2) is 37.0 Å². The lowest BCUT2D eigenvalue weighted by atomic mass is 10.1. The van der Waals surface area contributed by atoms with Crippen LogP contribution in [0.2, 0.25) is 0 Å². The number of esters is 1. The van der Waals surface area contributed by atoms with Gasteiger partial charge in [-0.1, -0.05) is 15.9 Å². The van der Waals surface area contributed by atoms with Crippen LogP contribution in [0.5, 0.6) is 0 Å². The molecule has 5 heteroatoms. The van der Waals surface area contributed by atoms with E-state index in [4.69, 9.17) is 4.74 Å². The van der Waals surface area contributed by atoms with Gasteiger partial charge in [0, 0.05) is 23.6 Å². The van der Waals surface area contributed by atoms with Gasteiger partial charge in [-0.15, -0.1) is 0 Å². The van der Waals surface area contributed by atoms with Gasteiger partial charge < -0.3 is 9.64 Å². The Kier molecular flexibility index (Phi) is 6.02. The van der Waals surface area contributed by atoms with Crippen molar-refractivity contribution < 1.29 is 14.3 Å². The number of aryl methyl sites for hydroxylation is 1. The molecule has 0 bridgehead atoms. The van der Waals surface area contributed by atoms with Crippen LogP contribution in [0, 0.1) is 6.92 Å². The molecule has 0 fully saturated rings. The van der Waals surface area contributed by atoms with Gasteiger partial charge in [0.15, 0.2) is 0 Å². The predicted molar refractivity (Wildman–Crippen MR) is 77.1 cm³/mol. The molecule has 0 heterocycles. The van der Waals surface area contributed by atoms with Crippen molar-refractivity contribution in [3.05, 3.63) is 33.8 Å². The van der Waals surface area contributed by atoms with Crippen LogP contribution in [0.3, 0.4) is 0 Å². The zero-order chi connectivity index (χ0) is 14.4. The highest BCUT2D eigenvalue weighted by Crippen LogP contribution is 2.18. The Labute approximate surface area is 121 Å². The zero-order valence-electron chi connectivity index (χ0n) is 11.4. The topological polar surface area (TPSA) is 46.6 Å². The first-order valence-electron chi connectivity index (χ1n) is 6.13. The second-order valence-corrected chi connectivity index (χ2v) is 5.10. The fourth-order valence-corrected chi connectivity index (χ4v) is 1.84. The minimum Gasteiger partial charge on any atom is -0.466 e. The maximum Gasteiger partial charge on any atom is 0.307 e. The van der Waals surface area contributed by atoms with Gasteiger partial charge in [-0.05, 0) is 37.6 Å². The van der Waals surface area contributed by atoms with Gasteiger partial charge in [-0.2, -0.15) is 0 Å². The van der Waals surface area contributed by atoms with Crippen molar-refractivity contribution in [1.82, 2.24) is 4.90 Å². The van der Waals surface area contributed by atoms with E-state index in [1.165, 1.54) is 4.90 Å². The van der Waals surface area contributed by atoms with E-state index < -0.39 is 0 Å². The summed E-state index contributed by atoms with van der Waals surface area (Å²) in [6.07, 6.45) is 0.214. The standard InChI is InChI=1S/C14H18BrNO3/c1-4-19-13(17)7-8-16(3)14(18)11-5-6-12(15)10(2)9-11/h5-6,9H,4,7-8H2,1-3H3. The average molecular weight is 328 g/mol. The number of hydrogen-bond acceptors (Lipinski definition) is 3. The molecule has 0 spiro atoms. The fraction of sp³-hybridized carbons (Fsp3) is 0.429. The van der Waals surface area contributed by atoms with Gasteiger partial charge in [0.05, 0.1) is 13.0 Å². The Hall–Kier alpha value is -1.36. The van der Waals surface area contributed by atoms with Gasteiger partial charge in [-0.25, -0.2) is 0 Å². The van der Waals surface area contributed by atoms with Gasteiger partial charge in [0.1, 0.15) is 0 Å². The predicted octanol–water partition coefficient (Wildman–Crippen LogP) is 2.78. The van der Waals surface area contributed by atoms with Gasteiger partial charge in [-0.3, -0.25) is 9.59 Å². The van der Waals surface area contributed by atoms with Gasteiger partial charge in [0.25, 0.3) is 5.91 Å². The van der Waals surface area contributed by atoms with Crippen LogP contribution in [0.4, 0.5) is 0 Å². The molecule has 0 N–H and O–H groups in total. The molecule has 4 nitrogen and oxygen atoms in total. The number of carbonyl (C=O) groups is 2. The second-order valence-electron chi connectivity index (χ2n) is 4.25. The number of halogens is 1. The van der Waals surface area contributed by atoms with Gasteiger partial charge >= 0.3 is 5.97 Å². The van der Waals surface area contributed by atoms with Crippen molar-refractivity contribution in [2.75, 3.05) is 20.2 Å². The molecule has 104 valence electrons. The SMILES string of the molecule is CCOC(=O)CCN(C)C(=O)c1ccc(Br)c(C)c1. The molecule has 0 aliphatic heterocycles. The lowest BCUT2D eigenvalue weighted by Crippen LogP contribution is -2.29. The summed E-state index contributed by atoms with van der Waals surface area (Å²) >= 11 is 3.40. The Balaban J connectivity index is 2.61. The Morgan fingerprint density at radius 1 is 1.37 bits per heavy atom. The van der Waals surface area contributed by atoms with E-state index in [0.717, 1.165) is 10.0 Å². The molecular weight excluding hydrogens is 310 g/mol. The number of carbonyl (C=O) groups excluding carboxylic acids is 2. The Morgan fingerprint density at radius 3 is 2.63 bits per heavy atom. The summed E-state index contributed by atoms with van der Waals surface area (Å²) in [4.78, 5) is 24.9. The van der Waals surface area contributed by atoms with Crippen LogP contribution in [0.25, 0.3) is 0 Å². The lowest BCUT2D eigenvalue weighted by molar-refractivity contribution is -0.143. The molecule has 0 aliphatic rings. The quantitative estimate of drug-likeness (QED) is 0.781. The van der Waals surface area contributed by atoms with E-state index in [1.54, 1.807) is 20.0 Å². The lowest BCUT2D eigenvalue weighted by Gasteiger charge is -2.17. The molecule has 19 heavy (non-hydrogen) atoms. The van der Waals surface area contributed by atoms with E-state index in [0.29, 0.717) is 18.7 Å². The highest BCUT2D eigenvalue weighted by atomic mass is 79.9. The summed E-state index contributed by atoms with van der Waals surface area (Å²) in [6.45, 7) is 4.41. The van der Waals surface area contributed by atoms with E-state index in [2.05, 4.69) is 15.9 Å². The Morgan fingerprint density at radius 2 is 2.05 bits per heavy atom. The number of ether oxygens (including phenoxy) is 1. The van der Waals surface area contributed by atoms with Crippen LogP contribution >= 0.6 is 15.9 Å². The van der Waals surface area contributed by atoms with Crippen molar-refractivity contribution in [2.45, 2.75) is 20.3 Å². The van der Waals surface area contributed by atoms with E-state index >= 15 is 0 Å². The van der Waals surface area contributed by atoms with Crippen molar-refractivity contribution in [3.8, 4) is 0 Å². The summed E-state index contributed by atoms with van der Waals surface area (Å²) in [7, 11) is 1.68. The third kappa shape index (κ3) is 4.67. The zero-order valence-corrected chi connectivity index (χ0v) is 13.0. The van der Waals surface area contributed by atoms with Crippen molar-refractivity contribution in [2.24, 2.45) is 0 Å². The Bertz CT molecular complexity index is 474. The third-order valence-corrected chi connectivity index (χ3v) is 3.60. The first-order valence-corrected chi connectivity index (χ1v) is 6.92. The minimum atomic E-state index is -0.283. The molecule has 0 radical (unpaired) electrons. The number of hydrogen-bond donors (Lipinski definition) is 0. The normalized spacial score (nSPS) is 10.1. The van der Waals surface area contributed by atoms with Crippen LogP contribution in [-0.2, 0) is 9.53 Å². The molecule has 0 unspecified atom stereocenters.